The van der Waals surface area contributed by atoms with E-state index in [0.29, 0.717) is 30.2 Å². The number of hydrogen-bond acceptors (Lipinski definition) is 4. The van der Waals surface area contributed by atoms with Crippen molar-refractivity contribution in [3.63, 3.8) is 0 Å². The second-order valence-electron chi connectivity index (χ2n) is 9.14. The molecule has 0 bridgehead atoms. The van der Waals surface area contributed by atoms with Crippen LogP contribution in [0.1, 0.15) is 46.8 Å². The number of carbonyl (C=O) groups excluding carboxylic acids is 2. The minimum Gasteiger partial charge on any atom is -0.452 e. The van der Waals surface area contributed by atoms with Crippen molar-refractivity contribution in [3.8, 4) is 0 Å². The molecule has 0 saturated heterocycles. The number of esters is 1. The predicted molar refractivity (Wildman–Crippen MR) is 132 cm³/mol. The van der Waals surface area contributed by atoms with Gasteiger partial charge in [-0.3, -0.25) is 4.79 Å². The smallest absolute Gasteiger partial charge is 0.341 e. The predicted octanol–water partition coefficient (Wildman–Crippen LogP) is 6.22. The van der Waals surface area contributed by atoms with E-state index in [1.165, 1.54) is 29.3 Å². The standard InChI is InChI=1S/C29H22F4N2O3/c30-20-8-4-17(5-9-20)14-19-2-1-3-24-27(19)34-35(28(24)18-6-10-21(31)11-7-18)26(36)16-38-29(37)23-13-12-22(32)15-25(23)33/h4-15,24,28H,1-3,16H2/b19-14-/t24-,28-/m0/s1. The Bertz CT molecular complexity index is 1440. The fraction of sp³-hybridized carbons (Fsp3) is 0.207. The zero-order valence-corrected chi connectivity index (χ0v) is 20.0. The SMILES string of the molecule is O=C(OCC(=O)N1N=C2/C(=C\c3ccc(F)cc3)CCC[C@@H]2[C@@H]1c1ccc(F)cc1)c1ccc(F)cc1F. The first-order chi connectivity index (χ1) is 18.3. The van der Waals surface area contributed by atoms with E-state index in [1.54, 1.807) is 24.3 Å². The topological polar surface area (TPSA) is 59.0 Å². The van der Waals surface area contributed by atoms with Crippen molar-refractivity contribution in [2.45, 2.75) is 25.3 Å². The van der Waals surface area contributed by atoms with E-state index in [0.717, 1.165) is 29.7 Å². The molecule has 0 radical (unpaired) electrons. The van der Waals surface area contributed by atoms with Crippen molar-refractivity contribution in [1.82, 2.24) is 5.01 Å². The molecule has 3 aromatic carbocycles. The third-order valence-corrected chi connectivity index (χ3v) is 6.66. The summed E-state index contributed by atoms with van der Waals surface area (Å²) in [6.07, 6.45) is 4.13. The average molecular weight is 522 g/mol. The summed E-state index contributed by atoms with van der Waals surface area (Å²) in [5, 5.41) is 5.84. The molecule has 1 heterocycles. The molecule has 9 heteroatoms. The van der Waals surface area contributed by atoms with E-state index in [4.69, 9.17) is 4.74 Å². The van der Waals surface area contributed by atoms with Crippen LogP contribution in [0, 0.1) is 29.2 Å². The first-order valence-corrected chi connectivity index (χ1v) is 12.0. The molecule has 2 aliphatic rings. The summed E-state index contributed by atoms with van der Waals surface area (Å²) < 4.78 is 59.2. The molecule has 2 atom stereocenters. The molecule has 5 nitrogen and oxygen atoms in total. The van der Waals surface area contributed by atoms with Crippen LogP contribution in [0.25, 0.3) is 6.08 Å². The summed E-state index contributed by atoms with van der Waals surface area (Å²) in [5.41, 5.74) is 2.51. The van der Waals surface area contributed by atoms with E-state index in [1.807, 2.05) is 6.08 Å². The number of amides is 1. The minimum absolute atomic E-state index is 0.199. The van der Waals surface area contributed by atoms with Crippen LogP contribution in [-0.4, -0.2) is 29.2 Å². The highest BCUT2D eigenvalue weighted by atomic mass is 19.1. The first-order valence-electron chi connectivity index (χ1n) is 12.0. The van der Waals surface area contributed by atoms with Gasteiger partial charge in [0.1, 0.15) is 23.3 Å². The Labute approximate surface area is 216 Å². The van der Waals surface area contributed by atoms with Gasteiger partial charge in [0.25, 0.3) is 5.91 Å². The first kappa shape index (κ1) is 25.4. The summed E-state index contributed by atoms with van der Waals surface area (Å²) in [5.74, 6) is -4.70. The molecule has 38 heavy (non-hydrogen) atoms. The van der Waals surface area contributed by atoms with E-state index in [-0.39, 0.29) is 11.7 Å². The lowest BCUT2D eigenvalue weighted by Crippen LogP contribution is -2.34. The number of fused-ring (bicyclic) bond motifs is 1. The molecule has 5 rings (SSSR count). The fourth-order valence-corrected chi connectivity index (χ4v) is 4.89. The van der Waals surface area contributed by atoms with Gasteiger partial charge < -0.3 is 4.74 Å². The Morgan fingerprint density at radius 1 is 0.921 bits per heavy atom. The van der Waals surface area contributed by atoms with Crippen LogP contribution in [0.3, 0.4) is 0 Å². The number of benzene rings is 3. The van der Waals surface area contributed by atoms with E-state index >= 15 is 0 Å². The second-order valence-corrected chi connectivity index (χ2v) is 9.14. The highest BCUT2D eigenvalue weighted by Crippen LogP contribution is 2.44. The summed E-state index contributed by atoms with van der Waals surface area (Å²) in [7, 11) is 0. The largest absolute Gasteiger partial charge is 0.452 e. The zero-order chi connectivity index (χ0) is 26.8. The average Bonchev–Trinajstić information content (AvgIpc) is 3.30. The van der Waals surface area contributed by atoms with Gasteiger partial charge >= 0.3 is 5.97 Å². The van der Waals surface area contributed by atoms with Crippen LogP contribution >= 0.6 is 0 Å². The Morgan fingerprint density at radius 2 is 1.58 bits per heavy atom. The van der Waals surface area contributed by atoms with Crippen LogP contribution in [0.15, 0.2) is 77.4 Å². The molecule has 1 amide bonds. The van der Waals surface area contributed by atoms with E-state index in [2.05, 4.69) is 5.10 Å². The lowest BCUT2D eigenvalue weighted by atomic mass is 9.77. The van der Waals surface area contributed by atoms with Crippen molar-refractivity contribution in [1.29, 1.82) is 0 Å². The molecule has 0 spiro atoms. The molecular formula is C29H22F4N2O3. The number of hydrazone groups is 1. The maximum absolute atomic E-state index is 14.0. The molecule has 0 unspecified atom stereocenters. The Hall–Kier alpha value is -4.27. The van der Waals surface area contributed by atoms with Gasteiger partial charge in [-0.05, 0) is 78.4 Å². The molecule has 1 saturated carbocycles. The highest BCUT2D eigenvalue weighted by molar-refractivity contribution is 6.08. The number of halogens is 4. The number of rotatable bonds is 5. The van der Waals surface area contributed by atoms with E-state index < -0.39 is 47.5 Å². The van der Waals surface area contributed by atoms with Crippen LogP contribution in [0.5, 0.6) is 0 Å². The monoisotopic (exact) mass is 522 g/mol. The fourth-order valence-electron chi connectivity index (χ4n) is 4.89. The number of hydrogen-bond donors (Lipinski definition) is 0. The molecule has 0 N–H and O–H groups in total. The number of carbonyl (C=O) groups is 2. The Balaban J connectivity index is 1.43. The van der Waals surface area contributed by atoms with Gasteiger partial charge in [0.15, 0.2) is 6.61 Å². The van der Waals surface area contributed by atoms with Gasteiger partial charge in [-0.15, -0.1) is 0 Å². The molecule has 3 aromatic rings. The summed E-state index contributed by atoms with van der Waals surface area (Å²) in [6, 6.07) is 13.6. The van der Waals surface area contributed by atoms with Gasteiger partial charge in [0.2, 0.25) is 0 Å². The molecule has 1 aliphatic heterocycles. The van der Waals surface area contributed by atoms with E-state index in [9.17, 15) is 27.2 Å². The third-order valence-electron chi connectivity index (χ3n) is 6.66. The highest BCUT2D eigenvalue weighted by Gasteiger charge is 2.44. The molecule has 0 aromatic heterocycles. The van der Waals surface area contributed by atoms with Crippen molar-refractivity contribution in [2.24, 2.45) is 11.0 Å². The maximum Gasteiger partial charge on any atom is 0.341 e. The summed E-state index contributed by atoms with van der Waals surface area (Å²) in [4.78, 5) is 25.6. The molecule has 194 valence electrons. The van der Waals surface area contributed by atoms with Gasteiger partial charge in [-0.1, -0.05) is 24.3 Å². The normalized spacial score (nSPS) is 19.7. The molecular weight excluding hydrogens is 500 g/mol. The quantitative estimate of drug-likeness (QED) is 0.295. The van der Waals surface area contributed by atoms with Gasteiger partial charge in [0.05, 0.1) is 17.3 Å². The van der Waals surface area contributed by atoms with Crippen molar-refractivity contribution in [2.75, 3.05) is 6.61 Å². The number of nitrogens with zero attached hydrogens (tertiary/aromatic N) is 2. The number of ether oxygens (including phenoxy) is 1. The van der Waals surface area contributed by atoms with Crippen molar-refractivity contribution >= 4 is 23.7 Å². The summed E-state index contributed by atoms with van der Waals surface area (Å²) in [6.45, 7) is -0.728. The summed E-state index contributed by atoms with van der Waals surface area (Å²) >= 11 is 0. The minimum atomic E-state index is -1.12. The third kappa shape index (κ3) is 5.22. The lowest BCUT2D eigenvalue weighted by Gasteiger charge is -2.29. The maximum atomic E-state index is 14.0. The van der Waals surface area contributed by atoms with Crippen LogP contribution in [-0.2, 0) is 9.53 Å². The van der Waals surface area contributed by atoms with Crippen LogP contribution in [0.4, 0.5) is 17.6 Å². The van der Waals surface area contributed by atoms with Gasteiger partial charge in [-0.2, -0.15) is 5.10 Å². The van der Waals surface area contributed by atoms with Gasteiger partial charge in [0, 0.05) is 12.0 Å². The molecule has 1 aliphatic carbocycles. The van der Waals surface area contributed by atoms with Gasteiger partial charge in [-0.25, -0.2) is 27.4 Å². The second kappa shape index (κ2) is 10.6. The Kier molecular flexibility index (Phi) is 7.09. The van der Waals surface area contributed by atoms with Crippen LogP contribution in [0.2, 0.25) is 0 Å². The van der Waals surface area contributed by atoms with Crippen molar-refractivity contribution < 1.29 is 31.9 Å². The Morgan fingerprint density at radius 3 is 2.26 bits per heavy atom. The number of allylic oxidation sites excluding steroid dienone is 1. The van der Waals surface area contributed by atoms with Crippen molar-refractivity contribution in [3.05, 3.63) is 112 Å². The lowest BCUT2D eigenvalue weighted by molar-refractivity contribution is -0.137. The molecule has 1 fully saturated rings. The zero-order valence-electron chi connectivity index (χ0n) is 20.0. The van der Waals surface area contributed by atoms with Crippen LogP contribution < -0.4 is 0 Å².